The highest BCUT2D eigenvalue weighted by Gasteiger charge is 2.21. The monoisotopic (exact) mass is 617 g/mol. The highest BCUT2D eigenvalue weighted by Crippen LogP contribution is 2.47. The van der Waals surface area contributed by atoms with Crippen molar-refractivity contribution in [2.45, 2.75) is 0 Å². The lowest BCUT2D eigenvalue weighted by molar-refractivity contribution is 0.669. The fourth-order valence-electron chi connectivity index (χ4n) is 7.26. The number of thiophene rings is 1. The molecule has 2 aromatic heterocycles. The second-order valence-corrected chi connectivity index (χ2v) is 13.2. The van der Waals surface area contributed by atoms with Gasteiger partial charge >= 0.3 is 0 Å². The lowest BCUT2D eigenvalue weighted by Crippen LogP contribution is -2.10. The van der Waals surface area contributed by atoms with E-state index < -0.39 is 0 Å². The predicted octanol–water partition coefficient (Wildman–Crippen LogP) is 13.4. The molecule has 8 aromatic carbocycles. The fraction of sp³-hybridized carbons (Fsp3) is 0. The first-order chi connectivity index (χ1) is 23.3. The first-order valence-electron chi connectivity index (χ1n) is 15.9. The number of benzene rings is 8. The number of fused-ring (bicyclic) bond motifs is 9. The Morgan fingerprint density at radius 3 is 2.04 bits per heavy atom. The van der Waals surface area contributed by atoms with E-state index in [1.807, 2.05) is 23.5 Å². The molecule has 0 bridgehead atoms. The molecular weight excluding hydrogens is 591 g/mol. The van der Waals surface area contributed by atoms with Gasteiger partial charge < -0.3 is 9.32 Å². The molecule has 0 amide bonds. The molecule has 0 radical (unpaired) electrons. The highest BCUT2D eigenvalue weighted by molar-refractivity contribution is 7.26. The third-order valence-corrected chi connectivity index (χ3v) is 10.6. The molecule has 10 rings (SSSR count). The highest BCUT2D eigenvalue weighted by atomic mass is 32.1. The molecule has 0 saturated heterocycles. The summed E-state index contributed by atoms with van der Waals surface area (Å²) < 4.78 is 8.84. The molecular formula is C44H27NOS. The predicted molar refractivity (Wildman–Crippen MR) is 202 cm³/mol. The first-order valence-corrected chi connectivity index (χ1v) is 16.7. The summed E-state index contributed by atoms with van der Waals surface area (Å²) in [4.78, 5) is 2.46. The Morgan fingerprint density at radius 2 is 1.13 bits per heavy atom. The van der Waals surface area contributed by atoms with E-state index in [4.69, 9.17) is 4.42 Å². The van der Waals surface area contributed by atoms with E-state index in [2.05, 4.69) is 157 Å². The summed E-state index contributed by atoms with van der Waals surface area (Å²) in [6.45, 7) is 0. The molecule has 10 aromatic rings. The number of hydrogen-bond donors (Lipinski definition) is 0. The summed E-state index contributed by atoms with van der Waals surface area (Å²) in [6.07, 6.45) is 0. The zero-order valence-corrected chi connectivity index (χ0v) is 26.2. The molecule has 0 saturated carbocycles. The minimum atomic E-state index is 0.920. The van der Waals surface area contributed by atoms with Gasteiger partial charge in [-0.05, 0) is 75.8 Å². The van der Waals surface area contributed by atoms with Crippen LogP contribution in [-0.2, 0) is 0 Å². The van der Waals surface area contributed by atoms with Crippen LogP contribution >= 0.6 is 11.3 Å². The summed E-state index contributed by atoms with van der Waals surface area (Å²) in [5.41, 5.74) is 7.69. The zero-order chi connectivity index (χ0) is 30.9. The second kappa shape index (κ2) is 10.3. The maximum Gasteiger partial charge on any atom is 0.136 e. The Morgan fingerprint density at radius 1 is 0.404 bits per heavy atom. The van der Waals surface area contributed by atoms with Gasteiger partial charge in [0.2, 0.25) is 0 Å². The molecule has 0 aliphatic rings. The minimum absolute atomic E-state index is 0.920. The van der Waals surface area contributed by atoms with E-state index in [1.54, 1.807) is 0 Å². The van der Waals surface area contributed by atoms with Gasteiger partial charge in [0, 0.05) is 37.3 Å². The van der Waals surface area contributed by atoms with Crippen molar-refractivity contribution in [2.24, 2.45) is 0 Å². The van der Waals surface area contributed by atoms with Crippen molar-refractivity contribution in [3.8, 4) is 11.1 Å². The number of anilines is 3. The van der Waals surface area contributed by atoms with E-state index >= 15 is 0 Å². The van der Waals surface area contributed by atoms with E-state index in [-0.39, 0.29) is 0 Å². The normalized spacial score (nSPS) is 11.8. The van der Waals surface area contributed by atoms with Crippen LogP contribution < -0.4 is 4.90 Å². The summed E-state index contributed by atoms with van der Waals surface area (Å²) >= 11 is 1.87. The number of hydrogen-bond acceptors (Lipinski definition) is 3. The van der Waals surface area contributed by atoms with Gasteiger partial charge in [-0.15, -0.1) is 11.3 Å². The van der Waals surface area contributed by atoms with Crippen LogP contribution in [0.4, 0.5) is 17.1 Å². The van der Waals surface area contributed by atoms with Gasteiger partial charge in [-0.1, -0.05) is 115 Å². The van der Waals surface area contributed by atoms with Gasteiger partial charge in [0.05, 0.1) is 16.1 Å². The Bertz CT molecular complexity index is 2810. The van der Waals surface area contributed by atoms with Crippen molar-refractivity contribution in [3.63, 3.8) is 0 Å². The van der Waals surface area contributed by atoms with E-state index in [0.29, 0.717) is 0 Å². The van der Waals surface area contributed by atoms with Crippen molar-refractivity contribution in [3.05, 3.63) is 164 Å². The Labute approximate surface area is 275 Å². The van der Waals surface area contributed by atoms with Crippen LogP contribution in [-0.4, -0.2) is 0 Å². The maximum absolute atomic E-state index is 6.26. The number of nitrogens with zero attached hydrogens (tertiary/aromatic N) is 1. The largest absolute Gasteiger partial charge is 0.456 e. The molecule has 2 nitrogen and oxygen atoms in total. The third kappa shape index (κ3) is 4.10. The van der Waals surface area contributed by atoms with Crippen molar-refractivity contribution in [1.29, 1.82) is 0 Å². The summed E-state index contributed by atoms with van der Waals surface area (Å²) in [5, 5.41) is 9.70. The molecule has 0 aliphatic carbocycles. The van der Waals surface area contributed by atoms with Gasteiger partial charge in [-0.3, -0.25) is 0 Å². The van der Waals surface area contributed by atoms with Crippen LogP contribution in [0.5, 0.6) is 0 Å². The molecule has 0 aliphatic heterocycles. The molecule has 0 N–H and O–H groups in total. The van der Waals surface area contributed by atoms with Crippen LogP contribution in [0.2, 0.25) is 0 Å². The van der Waals surface area contributed by atoms with Crippen LogP contribution in [0.1, 0.15) is 0 Å². The lowest BCUT2D eigenvalue weighted by atomic mass is 9.97. The van der Waals surface area contributed by atoms with Gasteiger partial charge in [-0.25, -0.2) is 0 Å². The van der Waals surface area contributed by atoms with E-state index in [1.165, 1.54) is 58.5 Å². The van der Waals surface area contributed by atoms with Gasteiger partial charge in [-0.2, -0.15) is 0 Å². The zero-order valence-electron chi connectivity index (χ0n) is 25.4. The van der Waals surface area contributed by atoms with Gasteiger partial charge in [0.25, 0.3) is 0 Å². The van der Waals surface area contributed by atoms with Gasteiger partial charge in [0.15, 0.2) is 0 Å². The van der Waals surface area contributed by atoms with Crippen LogP contribution in [0, 0.1) is 0 Å². The molecule has 47 heavy (non-hydrogen) atoms. The fourth-order valence-corrected chi connectivity index (χ4v) is 8.47. The number of rotatable bonds is 4. The van der Waals surface area contributed by atoms with E-state index in [0.717, 1.165) is 33.3 Å². The average Bonchev–Trinajstić information content (AvgIpc) is 3.70. The van der Waals surface area contributed by atoms with Crippen LogP contribution in [0.15, 0.2) is 168 Å². The second-order valence-electron chi connectivity index (χ2n) is 12.1. The first kappa shape index (κ1) is 26.3. The summed E-state index contributed by atoms with van der Waals surface area (Å²) in [7, 11) is 0. The Kier molecular flexibility index (Phi) is 5.78. The number of para-hydroxylation sites is 1. The SMILES string of the molecule is c1ccc(-c2cccc(N(c3cccc4c3ccc3cc5oc6ccccc6c5cc34)c3cccc4c3sc3ccccc34)c2)cc1. The van der Waals surface area contributed by atoms with E-state index in [9.17, 15) is 0 Å². The maximum atomic E-state index is 6.26. The Balaban J connectivity index is 1.27. The van der Waals surface area contributed by atoms with Crippen LogP contribution in [0.3, 0.4) is 0 Å². The molecule has 0 unspecified atom stereocenters. The minimum Gasteiger partial charge on any atom is -0.456 e. The molecule has 0 atom stereocenters. The number of furan rings is 1. The lowest BCUT2D eigenvalue weighted by Gasteiger charge is -2.28. The van der Waals surface area contributed by atoms with Crippen molar-refractivity contribution >= 4 is 92.1 Å². The molecule has 2 heterocycles. The molecule has 3 heteroatoms. The smallest absolute Gasteiger partial charge is 0.136 e. The third-order valence-electron chi connectivity index (χ3n) is 9.43. The van der Waals surface area contributed by atoms with Crippen LogP contribution in [0.25, 0.3) is 74.8 Å². The van der Waals surface area contributed by atoms with Crippen molar-refractivity contribution in [1.82, 2.24) is 0 Å². The summed E-state index contributed by atoms with van der Waals surface area (Å²) in [5.74, 6) is 0. The standard InChI is InChI=1S/C44H27NOS/c1-2-11-28(12-3-1)29-13-8-14-31(25-29)45(40-20-10-18-36-35-16-5-7-22-43(35)47-44(36)40)39-19-9-17-32-33(39)24-23-30-26-42-38(27-37(30)32)34-15-4-6-21-41(34)46-42/h1-27H. The topological polar surface area (TPSA) is 16.4 Å². The molecule has 0 fully saturated rings. The molecule has 220 valence electrons. The average molecular weight is 618 g/mol. The van der Waals surface area contributed by atoms with Gasteiger partial charge in [0.1, 0.15) is 11.2 Å². The summed E-state index contributed by atoms with van der Waals surface area (Å²) in [6, 6.07) is 59.1. The van der Waals surface area contributed by atoms with Crippen molar-refractivity contribution < 1.29 is 4.42 Å². The Hall–Kier alpha value is -5.90. The molecule has 0 spiro atoms. The quantitative estimate of drug-likeness (QED) is 0.183. The van der Waals surface area contributed by atoms with Crippen molar-refractivity contribution in [2.75, 3.05) is 4.90 Å².